The molecule has 1 aromatic heterocycles. The number of aromatic nitrogens is 2. The number of nitrogens with zero attached hydrogens (tertiary/aromatic N) is 3. The van der Waals surface area contributed by atoms with Crippen LogP contribution in [0.5, 0.6) is 0 Å². The van der Waals surface area contributed by atoms with E-state index in [0.29, 0.717) is 22.5 Å². The number of hydrogen-bond acceptors (Lipinski definition) is 5. The molecule has 0 fully saturated rings. The molecule has 20 heavy (non-hydrogen) atoms. The molecule has 1 heterocycles. The minimum absolute atomic E-state index is 0.0409. The second-order valence-corrected chi connectivity index (χ2v) is 4.91. The third-order valence-corrected chi connectivity index (χ3v) is 2.77. The smallest absolute Gasteiger partial charge is 0.269 e. The Labute approximate surface area is 121 Å². The van der Waals surface area contributed by atoms with Gasteiger partial charge in [-0.1, -0.05) is 25.4 Å². The molecular formula is C13H13ClN4O2. The van der Waals surface area contributed by atoms with Gasteiger partial charge in [-0.25, -0.2) is 9.97 Å². The highest BCUT2D eigenvalue weighted by atomic mass is 35.5. The predicted octanol–water partition coefficient (Wildman–Crippen LogP) is 3.91. The van der Waals surface area contributed by atoms with E-state index in [9.17, 15) is 10.1 Å². The zero-order valence-corrected chi connectivity index (χ0v) is 11.8. The maximum Gasteiger partial charge on any atom is 0.269 e. The minimum Gasteiger partial charge on any atom is -0.340 e. The Balaban J connectivity index is 2.23. The molecule has 0 atom stereocenters. The number of rotatable bonds is 4. The van der Waals surface area contributed by atoms with Gasteiger partial charge in [0.05, 0.1) is 4.92 Å². The largest absolute Gasteiger partial charge is 0.340 e. The average molecular weight is 293 g/mol. The van der Waals surface area contributed by atoms with E-state index in [0.717, 1.165) is 0 Å². The van der Waals surface area contributed by atoms with Crippen molar-refractivity contribution >= 4 is 28.8 Å². The SMILES string of the molecule is CC(C)c1nc(Cl)cc(Nc2ccc([N+](=O)[O-])cc2)n1. The van der Waals surface area contributed by atoms with Gasteiger partial charge in [-0.2, -0.15) is 0 Å². The van der Waals surface area contributed by atoms with Crippen LogP contribution in [0.4, 0.5) is 17.2 Å². The molecule has 1 N–H and O–H groups in total. The molecule has 104 valence electrons. The fourth-order valence-electron chi connectivity index (χ4n) is 1.57. The number of non-ortho nitro benzene ring substituents is 1. The molecule has 2 rings (SSSR count). The lowest BCUT2D eigenvalue weighted by Crippen LogP contribution is -2.02. The first-order valence-electron chi connectivity index (χ1n) is 6.01. The first kappa shape index (κ1) is 14.2. The van der Waals surface area contributed by atoms with E-state index in [2.05, 4.69) is 15.3 Å². The summed E-state index contributed by atoms with van der Waals surface area (Å²) in [5.74, 6) is 1.36. The topological polar surface area (TPSA) is 81.0 Å². The molecule has 0 saturated carbocycles. The molecule has 2 aromatic rings. The summed E-state index contributed by atoms with van der Waals surface area (Å²) in [5, 5.41) is 14.0. The van der Waals surface area contributed by atoms with E-state index in [1.165, 1.54) is 12.1 Å². The summed E-state index contributed by atoms with van der Waals surface area (Å²) in [6, 6.07) is 7.68. The van der Waals surface area contributed by atoms with E-state index >= 15 is 0 Å². The van der Waals surface area contributed by atoms with Crippen molar-refractivity contribution in [2.75, 3.05) is 5.32 Å². The highest BCUT2D eigenvalue weighted by Gasteiger charge is 2.08. The molecule has 0 aliphatic heterocycles. The second kappa shape index (κ2) is 5.83. The normalized spacial score (nSPS) is 10.6. The zero-order chi connectivity index (χ0) is 14.7. The molecule has 0 aliphatic rings. The Bertz CT molecular complexity index is 629. The van der Waals surface area contributed by atoms with Crippen LogP contribution in [0.15, 0.2) is 30.3 Å². The molecule has 0 radical (unpaired) electrons. The van der Waals surface area contributed by atoms with Crippen LogP contribution in [0.25, 0.3) is 0 Å². The summed E-state index contributed by atoms with van der Waals surface area (Å²) in [4.78, 5) is 18.6. The summed E-state index contributed by atoms with van der Waals surface area (Å²) < 4.78 is 0. The highest BCUT2D eigenvalue weighted by Crippen LogP contribution is 2.22. The lowest BCUT2D eigenvalue weighted by molar-refractivity contribution is -0.384. The maximum atomic E-state index is 10.6. The monoisotopic (exact) mass is 292 g/mol. The molecule has 0 bridgehead atoms. The van der Waals surface area contributed by atoms with Gasteiger partial charge >= 0.3 is 0 Å². The summed E-state index contributed by atoms with van der Waals surface area (Å²) in [5.41, 5.74) is 0.735. The second-order valence-electron chi connectivity index (χ2n) is 4.52. The third kappa shape index (κ3) is 3.42. The molecular weight excluding hydrogens is 280 g/mol. The summed E-state index contributed by atoms with van der Waals surface area (Å²) in [7, 11) is 0. The van der Waals surface area contributed by atoms with Crippen molar-refractivity contribution < 1.29 is 4.92 Å². The summed E-state index contributed by atoms with van der Waals surface area (Å²) in [6.45, 7) is 3.95. The van der Waals surface area contributed by atoms with Gasteiger partial charge in [-0.05, 0) is 12.1 Å². The van der Waals surface area contributed by atoms with Crippen molar-refractivity contribution in [3.8, 4) is 0 Å². The number of nitro groups is 1. The number of benzene rings is 1. The van der Waals surface area contributed by atoms with E-state index in [-0.39, 0.29) is 11.6 Å². The Morgan fingerprint density at radius 3 is 2.45 bits per heavy atom. The molecule has 0 saturated heterocycles. The Morgan fingerprint density at radius 2 is 1.90 bits per heavy atom. The van der Waals surface area contributed by atoms with Crippen LogP contribution in [-0.2, 0) is 0 Å². The molecule has 0 unspecified atom stereocenters. The first-order valence-corrected chi connectivity index (χ1v) is 6.39. The van der Waals surface area contributed by atoms with Gasteiger partial charge in [0.2, 0.25) is 0 Å². The molecule has 1 aromatic carbocycles. The number of halogens is 1. The fourth-order valence-corrected chi connectivity index (χ4v) is 1.76. The minimum atomic E-state index is -0.442. The summed E-state index contributed by atoms with van der Waals surface area (Å²) in [6.07, 6.45) is 0. The van der Waals surface area contributed by atoms with Crippen LogP contribution in [0.1, 0.15) is 25.6 Å². The van der Waals surface area contributed by atoms with Crippen molar-refractivity contribution in [3.05, 3.63) is 51.4 Å². The van der Waals surface area contributed by atoms with E-state index in [4.69, 9.17) is 11.6 Å². The van der Waals surface area contributed by atoms with Crippen LogP contribution < -0.4 is 5.32 Å². The molecule has 7 heteroatoms. The van der Waals surface area contributed by atoms with E-state index < -0.39 is 4.92 Å². The van der Waals surface area contributed by atoms with Crippen LogP contribution in [0, 0.1) is 10.1 Å². The van der Waals surface area contributed by atoms with E-state index in [1.807, 2.05) is 13.8 Å². The standard InChI is InChI=1S/C13H13ClN4O2/c1-8(2)13-16-11(14)7-12(17-13)15-9-3-5-10(6-4-9)18(19)20/h3-8H,1-2H3,(H,15,16,17). The van der Waals surface area contributed by atoms with Crippen LogP contribution in [0.3, 0.4) is 0 Å². The van der Waals surface area contributed by atoms with Crippen LogP contribution >= 0.6 is 11.6 Å². The van der Waals surface area contributed by atoms with Gasteiger partial charge in [0.25, 0.3) is 5.69 Å². The Hall–Kier alpha value is -2.21. The number of hydrogen-bond donors (Lipinski definition) is 1. The highest BCUT2D eigenvalue weighted by molar-refractivity contribution is 6.29. The fraction of sp³-hybridized carbons (Fsp3) is 0.231. The number of anilines is 2. The van der Waals surface area contributed by atoms with Gasteiger partial charge in [-0.15, -0.1) is 0 Å². The Kier molecular flexibility index (Phi) is 4.14. The number of nitro benzene ring substituents is 1. The van der Waals surface area contributed by atoms with Gasteiger partial charge < -0.3 is 5.32 Å². The molecule has 0 amide bonds. The van der Waals surface area contributed by atoms with E-state index in [1.54, 1.807) is 18.2 Å². The summed E-state index contributed by atoms with van der Waals surface area (Å²) >= 11 is 5.95. The van der Waals surface area contributed by atoms with Gasteiger partial charge in [-0.3, -0.25) is 10.1 Å². The van der Waals surface area contributed by atoms with Crippen LogP contribution in [-0.4, -0.2) is 14.9 Å². The lowest BCUT2D eigenvalue weighted by atomic mass is 10.2. The van der Waals surface area contributed by atoms with Crippen molar-refractivity contribution in [3.63, 3.8) is 0 Å². The van der Waals surface area contributed by atoms with Gasteiger partial charge in [0.15, 0.2) is 0 Å². The average Bonchev–Trinajstić information content (AvgIpc) is 2.38. The molecule has 6 nitrogen and oxygen atoms in total. The predicted molar refractivity (Wildman–Crippen MR) is 77.5 cm³/mol. The number of nitrogens with one attached hydrogen (secondary N) is 1. The lowest BCUT2D eigenvalue weighted by Gasteiger charge is -2.09. The molecule has 0 aliphatic carbocycles. The Morgan fingerprint density at radius 1 is 1.25 bits per heavy atom. The quantitative estimate of drug-likeness (QED) is 0.525. The zero-order valence-electron chi connectivity index (χ0n) is 11.0. The van der Waals surface area contributed by atoms with Crippen molar-refractivity contribution in [1.82, 2.24) is 9.97 Å². The van der Waals surface area contributed by atoms with Gasteiger partial charge in [0.1, 0.15) is 16.8 Å². The first-order chi connectivity index (χ1) is 9.45. The van der Waals surface area contributed by atoms with Crippen molar-refractivity contribution in [1.29, 1.82) is 0 Å². The van der Waals surface area contributed by atoms with Gasteiger partial charge in [0, 0.05) is 29.8 Å². The molecule has 0 spiro atoms. The van der Waals surface area contributed by atoms with Crippen molar-refractivity contribution in [2.24, 2.45) is 0 Å². The van der Waals surface area contributed by atoms with Crippen molar-refractivity contribution in [2.45, 2.75) is 19.8 Å². The maximum absolute atomic E-state index is 10.6. The van der Waals surface area contributed by atoms with Crippen LogP contribution in [0.2, 0.25) is 5.15 Å². The third-order valence-electron chi connectivity index (χ3n) is 2.58.